The van der Waals surface area contributed by atoms with Crippen LogP contribution in [-0.4, -0.2) is 35.9 Å². The molecule has 0 aliphatic heterocycles. The molecule has 0 amide bonds. The van der Waals surface area contributed by atoms with E-state index < -0.39 is 17.0 Å². The second-order valence-electron chi connectivity index (χ2n) is 5.89. The van der Waals surface area contributed by atoms with E-state index >= 15 is 0 Å². The zero-order valence-corrected chi connectivity index (χ0v) is 14.9. The standard InChI is InChI=1S/C18H24N2O3S/c1-20(2)16-10-6-9-15-14(16)8-7-11-17(15)24(23)19-13-5-3-4-12-18(21)22/h6-11,19H,3-5,12-13H2,1-2H3,(H,21,22). The fourth-order valence-electron chi connectivity index (χ4n) is 2.64. The summed E-state index contributed by atoms with van der Waals surface area (Å²) in [4.78, 5) is 13.3. The van der Waals surface area contributed by atoms with Crippen molar-refractivity contribution in [2.45, 2.75) is 30.6 Å². The maximum atomic E-state index is 12.6. The monoisotopic (exact) mass is 348 g/mol. The molecule has 0 fully saturated rings. The van der Waals surface area contributed by atoms with Gasteiger partial charge in [-0.05, 0) is 25.0 Å². The summed E-state index contributed by atoms with van der Waals surface area (Å²) in [6, 6.07) is 11.9. The Balaban J connectivity index is 2.02. The van der Waals surface area contributed by atoms with Crippen LogP contribution in [0.2, 0.25) is 0 Å². The average Bonchev–Trinajstić information content (AvgIpc) is 2.56. The Hall–Kier alpha value is -1.92. The number of fused-ring (bicyclic) bond motifs is 1. The van der Waals surface area contributed by atoms with E-state index in [2.05, 4.69) is 4.72 Å². The highest BCUT2D eigenvalue weighted by molar-refractivity contribution is 7.83. The SMILES string of the molecule is CN(C)c1cccc2c(S(=O)NCCCCCC(=O)O)cccc12. The number of benzene rings is 2. The zero-order chi connectivity index (χ0) is 17.5. The van der Waals surface area contributed by atoms with Gasteiger partial charge in [-0.25, -0.2) is 8.93 Å². The van der Waals surface area contributed by atoms with Gasteiger partial charge in [0.1, 0.15) is 11.0 Å². The van der Waals surface area contributed by atoms with Gasteiger partial charge >= 0.3 is 5.97 Å². The Bertz CT molecular complexity index is 731. The number of rotatable bonds is 9. The quantitative estimate of drug-likeness (QED) is 0.683. The largest absolute Gasteiger partial charge is 0.481 e. The fraction of sp³-hybridized carbons (Fsp3) is 0.389. The summed E-state index contributed by atoms with van der Waals surface area (Å²) in [6.45, 7) is 0.607. The Kier molecular flexibility index (Phi) is 6.75. The van der Waals surface area contributed by atoms with Crippen molar-refractivity contribution in [1.82, 2.24) is 4.72 Å². The Morgan fingerprint density at radius 2 is 1.79 bits per heavy atom. The molecule has 1 atom stereocenters. The maximum absolute atomic E-state index is 12.6. The van der Waals surface area contributed by atoms with Crippen LogP contribution in [0.4, 0.5) is 5.69 Å². The van der Waals surface area contributed by atoms with Gasteiger partial charge in [-0.1, -0.05) is 30.7 Å². The number of aliphatic carboxylic acids is 1. The first kappa shape index (κ1) is 18.4. The van der Waals surface area contributed by atoms with Crippen molar-refractivity contribution in [3.63, 3.8) is 0 Å². The van der Waals surface area contributed by atoms with Crippen molar-refractivity contribution < 1.29 is 14.1 Å². The molecule has 2 rings (SSSR count). The van der Waals surface area contributed by atoms with Crippen LogP contribution in [0.3, 0.4) is 0 Å². The first-order valence-electron chi connectivity index (χ1n) is 8.07. The van der Waals surface area contributed by atoms with Gasteiger partial charge in [-0.15, -0.1) is 0 Å². The second kappa shape index (κ2) is 8.80. The summed E-state index contributed by atoms with van der Waals surface area (Å²) in [7, 11) is 2.71. The van der Waals surface area contributed by atoms with Crippen molar-refractivity contribution in [3.8, 4) is 0 Å². The van der Waals surface area contributed by atoms with E-state index in [9.17, 15) is 9.00 Å². The van der Waals surface area contributed by atoms with Crippen molar-refractivity contribution in [1.29, 1.82) is 0 Å². The summed E-state index contributed by atoms with van der Waals surface area (Å²) in [6.07, 6.45) is 2.48. The predicted octanol–water partition coefficient (Wildman–Crippen LogP) is 3.16. The van der Waals surface area contributed by atoms with E-state index in [-0.39, 0.29) is 6.42 Å². The first-order chi connectivity index (χ1) is 11.5. The third-order valence-corrected chi connectivity index (χ3v) is 5.06. The van der Waals surface area contributed by atoms with E-state index in [0.717, 1.165) is 34.2 Å². The van der Waals surface area contributed by atoms with Gasteiger partial charge < -0.3 is 10.0 Å². The average molecular weight is 348 g/mol. The van der Waals surface area contributed by atoms with Crippen LogP contribution >= 0.6 is 0 Å². The summed E-state index contributed by atoms with van der Waals surface area (Å²) in [5.41, 5.74) is 1.10. The molecule has 2 aromatic carbocycles. The number of hydrogen-bond donors (Lipinski definition) is 2. The van der Waals surface area contributed by atoms with Crippen LogP contribution in [0.5, 0.6) is 0 Å². The fourth-order valence-corrected chi connectivity index (χ4v) is 3.70. The van der Waals surface area contributed by atoms with Gasteiger partial charge in [0.15, 0.2) is 0 Å². The highest BCUT2D eigenvalue weighted by Gasteiger charge is 2.11. The molecule has 2 aromatic rings. The molecule has 5 nitrogen and oxygen atoms in total. The molecule has 0 aromatic heterocycles. The molecule has 130 valence electrons. The molecule has 24 heavy (non-hydrogen) atoms. The molecule has 0 heterocycles. The number of carboxylic acids is 1. The van der Waals surface area contributed by atoms with Crippen LogP contribution in [0.15, 0.2) is 41.3 Å². The predicted molar refractivity (Wildman–Crippen MR) is 98.8 cm³/mol. The van der Waals surface area contributed by atoms with Crippen LogP contribution in [-0.2, 0) is 15.8 Å². The second-order valence-corrected chi connectivity index (χ2v) is 7.16. The number of nitrogens with zero attached hydrogens (tertiary/aromatic N) is 1. The highest BCUT2D eigenvalue weighted by Crippen LogP contribution is 2.29. The van der Waals surface area contributed by atoms with E-state index in [1.54, 1.807) is 0 Å². The minimum Gasteiger partial charge on any atom is -0.481 e. The van der Waals surface area contributed by atoms with E-state index in [4.69, 9.17) is 5.11 Å². The number of carbonyl (C=O) groups is 1. The van der Waals surface area contributed by atoms with Crippen LogP contribution in [0.25, 0.3) is 10.8 Å². The van der Waals surface area contributed by atoms with Crippen molar-refractivity contribution in [3.05, 3.63) is 36.4 Å². The summed E-state index contributed by atoms with van der Waals surface area (Å²) >= 11 is 0. The lowest BCUT2D eigenvalue weighted by Gasteiger charge is -2.16. The minimum atomic E-state index is -1.28. The van der Waals surface area contributed by atoms with Crippen molar-refractivity contribution >= 4 is 33.4 Å². The summed E-state index contributed by atoms with van der Waals surface area (Å²) in [5, 5.41) is 10.7. The number of anilines is 1. The van der Waals surface area contributed by atoms with Gasteiger partial charge in [0.2, 0.25) is 0 Å². The van der Waals surface area contributed by atoms with Crippen LogP contribution < -0.4 is 9.62 Å². The minimum absolute atomic E-state index is 0.194. The van der Waals surface area contributed by atoms with E-state index in [0.29, 0.717) is 13.0 Å². The molecular formula is C18H24N2O3S. The molecule has 6 heteroatoms. The maximum Gasteiger partial charge on any atom is 0.303 e. The summed E-state index contributed by atoms with van der Waals surface area (Å²) in [5.74, 6) is -0.765. The topological polar surface area (TPSA) is 69.6 Å². The highest BCUT2D eigenvalue weighted by atomic mass is 32.2. The normalized spacial score (nSPS) is 12.2. The van der Waals surface area contributed by atoms with Gasteiger partial charge in [-0.3, -0.25) is 4.79 Å². The number of nitrogens with one attached hydrogen (secondary N) is 1. The lowest BCUT2D eigenvalue weighted by atomic mass is 10.1. The van der Waals surface area contributed by atoms with Crippen molar-refractivity contribution in [2.24, 2.45) is 0 Å². The number of unbranched alkanes of at least 4 members (excludes halogenated alkanes) is 2. The van der Waals surface area contributed by atoms with Crippen molar-refractivity contribution in [2.75, 3.05) is 25.5 Å². The molecule has 0 aliphatic carbocycles. The molecule has 2 N–H and O–H groups in total. The molecule has 0 radical (unpaired) electrons. The third kappa shape index (κ3) is 4.79. The number of hydrogen-bond acceptors (Lipinski definition) is 3. The molecule has 0 bridgehead atoms. The molecule has 0 saturated heterocycles. The van der Waals surface area contributed by atoms with E-state index in [1.165, 1.54) is 0 Å². The van der Waals surface area contributed by atoms with Crippen LogP contribution in [0, 0.1) is 0 Å². The smallest absolute Gasteiger partial charge is 0.303 e. The number of carboxylic acid groups (broad SMARTS) is 1. The molecule has 0 spiro atoms. The van der Waals surface area contributed by atoms with Gasteiger partial charge in [0.25, 0.3) is 0 Å². The Morgan fingerprint density at radius 1 is 1.08 bits per heavy atom. The molecule has 0 aliphatic rings. The third-order valence-electron chi connectivity index (χ3n) is 3.84. The lowest BCUT2D eigenvalue weighted by molar-refractivity contribution is -0.137. The van der Waals surface area contributed by atoms with Gasteiger partial charge in [-0.2, -0.15) is 0 Å². The Labute approximate surface area is 145 Å². The Morgan fingerprint density at radius 3 is 2.50 bits per heavy atom. The summed E-state index contributed by atoms with van der Waals surface area (Å²) < 4.78 is 15.6. The van der Waals surface area contributed by atoms with Crippen LogP contribution in [0.1, 0.15) is 25.7 Å². The molecular weight excluding hydrogens is 324 g/mol. The molecule has 1 unspecified atom stereocenters. The van der Waals surface area contributed by atoms with E-state index in [1.807, 2.05) is 55.4 Å². The zero-order valence-electron chi connectivity index (χ0n) is 14.1. The van der Waals surface area contributed by atoms with Gasteiger partial charge in [0, 0.05) is 43.5 Å². The first-order valence-corrected chi connectivity index (χ1v) is 9.22. The lowest BCUT2D eigenvalue weighted by Crippen LogP contribution is -2.19. The van der Waals surface area contributed by atoms with Gasteiger partial charge in [0.05, 0.1) is 4.90 Å². The molecule has 0 saturated carbocycles.